The number of hydrogen-bond donors (Lipinski definition) is 2. The number of aliphatic hydroxyl groups is 1. The van der Waals surface area contributed by atoms with E-state index < -0.39 is 5.54 Å². The lowest BCUT2D eigenvalue weighted by atomic mass is 9.95. The van der Waals surface area contributed by atoms with E-state index in [0.29, 0.717) is 6.42 Å². The Labute approximate surface area is 104 Å². The molecule has 3 heteroatoms. The van der Waals surface area contributed by atoms with Gasteiger partial charge in [-0.15, -0.1) is 0 Å². The summed E-state index contributed by atoms with van der Waals surface area (Å²) < 4.78 is 0. The molecule has 0 bridgehead atoms. The summed E-state index contributed by atoms with van der Waals surface area (Å²) in [5.41, 5.74) is 7.81. The standard InChI is InChI=1S/C14H24N2O/c1-4-16(5-2)13-8-6-12(7-9-13)10-14(3,15)11-17/h6-9,17H,4-5,10-11,15H2,1-3H3. The summed E-state index contributed by atoms with van der Waals surface area (Å²) in [5.74, 6) is 0. The fourth-order valence-corrected chi connectivity index (χ4v) is 1.94. The number of benzene rings is 1. The molecule has 0 fully saturated rings. The number of hydrogen-bond acceptors (Lipinski definition) is 3. The second kappa shape index (κ2) is 6.03. The summed E-state index contributed by atoms with van der Waals surface area (Å²) in [5, 5.41) is 9.14. The number of nitrogens with two attached hydrogens (primary N) is 1. The lowest BCUT2D eigenvalue weighted by molar-refractivity contribution is 0.208. The van der Waals surface area contributed by atoms with Gasteiger partial charge in [-0.3, -0.25) is 0 Å². The van der Waals surface area contributed by atoms with E-state index in [2.05, 4.69) is 43.0 Å². The first-order valence-corrected chi connectivity index (χ1v) is 6.26. The van der Waals surface area contributed by atoms with Crippen LogP contribution in [0.5, 0.6) is 0 Å². The van der Waals surface area contributed by atoms with Gasteiger partial charge in [-0.05, 0) is 44.9 Å². The summed E-state index contributed by atoms with van der Waals surface area (Å²) >= 11 is 0. The summed E-state index contributed by atoms with van der Waals surface area (Å²) in [4.78, 5) is 2.30. The minimum atomic E-state index is -0.531. The van der Waals surface area contributed by atoms with Crippen molar-refractivity contribution >= 4 is 5.69 Å². The van der Waals surface area contributed by atoms with E-state index in [4.69, 9.17) is 10.8 Å². The lowest BCUT2D eigenvalue weighted by Gasteiger charge is -2.23. The van der Waals surface area contributed by atoms with Crippen molar-refractivity contribution in [2.75, 3.05) is 24.6 Å². The van der Waals surface area contributed by atoms with E-state index in [0.717, 1.165) is 13.1 Å². The fraction of sp³-hybridized carbons (Fsp3) is 0.571. The molecule has 0 saturated carbocycles. The first kappa shape index (κ1) is 14.0. The Bertz CT molecular complexity index is 329. The molecule has 96 valence electrons. The molecule has 0 saturated heterocycles. The van der Waals surface area contributed by atoms with Gasteiger partial charge in [-0.1, -0.05) is 12.1 Å². The first-order valence-electron chi connectivity index (χ1n) is 6.26. The molecule has 0 aliphatic heterocycles. The molecule has 0 aliphatic rings. The zero-order valence-corrected chi connectivity index (χ0v) is 11.1. The van der Waals surface area contributed by atoms with Crippen LogP contribution in [0.2, 0.25) is 0 Å². The topological polar surface area (TPSA) is 49.5 Å². The van der Waals surface area contributed by atoms with Crippen LogP contribution in [-0.2, 0) is 6.42 Å². The van der Waals surface area contributed by atoms with Crippen molar-refractivity contribution in [3.05, 3.63) is 29.8 Å². The molecule has 17 heavy (non-hydrogen) atoms. The Hall–Kier alpha value is -1.06. The van der Waals surface area contributed by atoms with Crippen molar-refractivity contribution < 1.29 is 5.11 Å². The zero-order chi connectivity index (χ0) is 12.9. The summed E-state index contributed by atoms with van der Waals surface area (Å²) in [6.07, 6.45) is 0.696. The van der Waals surface area contributed by atoms with Crippen LogP contribution in [0.15, 0.2) is 24.3 Å². The molecule has 0 aliphatic carbocycles. The highest BCUT2D eigenvalue weighted by Crippen LogP contribution is 2.17. The molecule has 1 atom stereocenters. The van der Waals surface area contributed by atoms with Gasteiger partial charge in [0.2, 0.25) is 0 Å². The zero-order valence-electron chi connectivity index (χ0n) is 11.1. The van der Waals surface area contributed by atoms with Gasteiger partial charge in [-0.2, -0.15) is 0 Å². The van der Waals surface area contributed by atoms with Gasteiger partial charge in [0, 0.05) is 24.3 Å². The van der Waals surface area contributed by atoms with Gasteiger partial charge in [0.15, 0.2) is 0 Å². The summed E-state index contributed by atoms with van der Waals surface area (Å²) in [6.45, 7) is 8.21. The van der Waals surface area contributed by atoms with Crippen LogP contribution in [0, 0.1) is 0 Å². The van der Waals surface area contributed by atoms with Gasteiger partial charge >= 0.3 is 0 Å². The van der Waals surface area contributed by atoms with Crippen LogP contribution >= 0.6 is 0 Å². The number of anilines is 1. The quantitative estimate of drug-likeness (QED) is 0.791. The van der Waals surface area contributed by atoms with Crippen LogP contribution in [0.4, 0.5) is 5.69 Å². The predicted octanol–water partition coefficient (Wildman–Crippen LogP) is 1.78. The highest BCUT2D eigenvalue weighted by molar-refractivity contribution is 5.47. The molecule has 0 aromatic heterocycles. The SMILES string of the molecule is CCN(CC)c1ccc(CC(C)(N)CO)cc1. The third kappa shape index (κ3) is 4.02. The van der Waals surface area contributed by atoms with Crippen LogP contribution in [0.25, 0.3) is 0 Å². The molecule has 0 spiro atoms. The monoisotopic (exact) mass is 236 g/mol. The highest BCUT2D eigenvalue weighted by atomic mass is 16.3. The minimum Gasteiger partial charge on any atom is -0.394 e. The largest absolute Gasteiger partial charge is 0.394 e. The van der Waals surface area contributed by atoms with Crippen molar-refractivity contribution in [2.45, 2.75) is 32.7 Å². The van der Waals surface area contributed by atoms with Crippen LogP contribution < -0.4 is 10.6 Å². The molecule has 0 heterocycles. The molecular formula is C14H24N2O. The number of nitrogens with zero attached hydrogens (tertiary/aromatic N) is 1. The third-order valence-corrected chi connectivity index (χ3v) is 3.03. The van der Waals surface area contributed by atoms with E-state index in [1.54, 1.807) is 0 Å². The van der Waals surface area contributed by atoms with Crippen molar-refractivity contribution in [3.8, 4) is 0 Å². The number of aliphatic hydroxyl groups excluding tert-OH is 1. The summed E-state index contributed by atoms with van der Waals surface area (Å²) in [6, 6.07) is 8.43. The molecule has 1 aromatic rings. The smallest absolute Gasteiger partial charge is 0.0611 e. The van der Waals surface area contributed by atoms with Gasteiger partial charge < -0.3 is 15.7 Å². The second-order valence-electron chi connectivity index (χ2n) is 4.83. The Kier molecular flexibility index (Phi) is 4.97. The van der Waals surface area contributed by atoms with Crippen LogP contribution in [0.1, 0.15) is 26.3 Å². The van der Waals surface area contributed by atoms with Gasteiger partial charge in [0.1, 0.15) is 0 Å². The predicted molar refractivity (Wildman–Crippen MR) is 73.4 cm³/mol. The normalized spacial score (nSPS) is 14.4. The Balaban J connectivity index is 2.74. The Morgan fingerprint density at radius 2 is 1.71 bits per heavy atom. The maximum Gasteiger partial charge on any atom is 0.0611 e. The van der Waals surface area contributed by atoms with Crippen LogP contribution in [-0.4, -0.2) is 30.3 Å². The van der Waals surface area contributed by atoms with E-state index >= 15 is 0 Å². The van der Waals surface area contributed by atoms with Gasteiger partial charge in [-0.25, -0.2) is 0 Å². The molecular weight excluding hydrogens is 212 g/mol. The Morgan fingerprint density at radius 3 is 2.12 bits per heavy atom. The molecule has 0 radical (unpaired) electrons. The van der Waals surface area contributed by atoms with Crippen molar-refractivity contribution in [1.82, 2.24) is 0 Å². The van der Waals surface area contributed by atoms with Crippen molar-refractivity contribution in [2.24, 2.45) is 5.73 Å². The van der Waals surface area contributed by atoms with Crippen molar-refractivity contribution in [1.29, 1.82) is 0 Å². The van der Waals surface area contributed by atoms with E-state index in [1.165, 1.54) is 11.3 Å². The average molecular weight is 236 g/mol. The van der Waals surface area contributed by atoms with Gasteiger partial charge in [0.25, 0.3) is 0 Å². The third-order valence-electron chi connectivity index (χ3n) is 3.03. The maximum atomic E-state index is 9.14. The minimum absolute atomic E-state index is 0.00476. The summed E-state index contributed by atoms with van der Waals surface area (Å²) in [7, 11) is 0. The molecule has 3 nitrogen and oxygen atoms in total. The first-order chi connectivity index (χ1) is 8.02. The average Bonchev–Trinajstić information content (AvgIpc) is 2.32. The van der Waals surface area contributed by atoms with E-state index in [-0.39, 0.29) is 6.61 Å². The molecule has 1 unspecified atom stereocenters. The van der Waals surface area contributed by atoms with Crippen LogP contribution in [0.3, 0.4) is 0 Å². The molecule has 1 aromatic carbocycles. The van der Waals surface area contributed by atoms with E-state index in [9.17, 15) is 0 Å². The maximum absolute atomic E-state index is 9.14. The van der Waals surface area contributed by atoms with Crippen molar-refractivity contribution in [3.63, 3.8) is 0 Å². The van der Waals surface area contributed by atoms with E-state index in [1.807, 2.05) is 6.92 Å². The molecule has 1 rings (SSSR count). The second-order valence-corrected chi connectivity index (χ2v) is 4.83. The van der Waals surface area contributed by atoms with Gasteiger partial charge in [0.05, 0.1) is 6.61 Å². The fourth-order valence-electron chi connectivity index (χ4n) is 1.94. The number of rotatable bonds is 6. The molecule has 3 N–H and O–H groups in total. The molecule has 0 amide bonds. The lowest BCUT2D eigenvalue weighted by Crippen LogP contribution is -2.42. The Morgan fingerprint density at radius 1 is 1.18 bits per heavy atom. The highest BCUT2D eigenvalue weighted by Gasteiger charge is 2.17.